The highest BCUT2D eigenvalue weighted by Gasteiger charge is 2.48. The van der Waals surface area contributed by atoms with E-state index < -0.39 is 28.3 Å². The van der Waals surface area contributed by atoms with Crippen molar-refractivity contribution < 1.29 is 31.0 Å². The largest absolute Gasteiger partial charge is 0.497 e. The molecule has 1 aromatic carbocycles. The zero-order valence-corrected chi connectivity index (χ0v) is 25.4. The van der Waals surface area contributed by atoms with Crippen molar-refractivity contribution >= 4 is 11.1 Å². The van der Waals surface area contributed by atoms with Crippen molar-refractivity contribution in [3.8, 4) is 11.5 Å². The Bertz CT molecular complexity index is 918. The van der Waals surface area contributed by atoms with E-state index in [0.717, 1.165) is 42.2 Å². The maximum Gasteiger partial charge on any atom is 0.497 e. The summed E-state index contributed by atoms with van der Waals surface area (Å²) in [5.41, 5.74) is -3.43. The molecule has 0 spiro atoms. The predicted molar refractivity (Wildman–Crippen MR) is 149 cm³/mol. The minimum Gasteiger partial charge on any atom is -0.496 e. The Morgan fingerprint density at radius 2 is 1.55 bits per heavy atom. The molecule has 0 aliphatic carbocycles. The molecule has 4 nitrogen and oxygen atoms in total. The van der Waals surface area contributed by atoms with E-state index in [1.54, 1.807) is 20.1 Å². The molecule has 1 aliphatic rings. The van der Waals surface area contributed by atoms with Crippen LogP contribution in [0.1, 0.15) is 109 Å². The molecule has 0 radical (unpaired) electrons. The van der Waals surface area contributed by atoms with Gasteiger partial charge in [0.25, 0.3) is 11.1 Å². The van der Waals surface area contributed by atoms with Crippen molar-refractivity contribution in [3.05, 3.63) is 22.8 Å². The second-order valence-corrected chi connectivity index (χ2v) is 13.2. The number of hydrogen-bond donors (Lipinski definition) is 0. The second-order valence-electron chi connectivity index (χ2n) is 12.1. The molecule has 1 aromatic rings. The fourth-order valence-corrected chi connectivity index (χ4v) is 6.03. The monoisotopic (exact) mass is 562 g/mol. The van der Waals surface area contributed by atoms with Crippen molar-refractivity contribution in [2.45, 2.75) is 130 Å². The van der Waals surface area contributed by atoms with Gasteiger partial charge in [-0.3, -0.25) is 4.18 Å². The van der Waals surface area contributed by atoms with Gasteiger partial charge in [0, 0.05) is 12.0 Å². The molecule has 8 heteroatoms. The number of ether oxygens (including phenoxy) is 2. The van der Waals surface area contributed by atoms with Gasteiger partial charge in [-0.05, 0) is 68.6 Å². The van der Waals surface area contributed by atoms with E-state index in [0.29, 0.717) is 29.4 Å². The molecule has 1 unspecified atom stereocenters. The van der Waals surface area contributed by atoms with Crippen LogP contribution >= 0.6 is 0 Å². The fraction of sp³-hybridized carbons (Fsp3) is 0.800. The summed E-state index contributed by atoms with van der Waals surface area (Å²) in [6.45, 7) is 14.8. The van der Waals surface area contributed by atoms with Crippen molar-refractivity contribution in [2.24, 2.45) is 17.8 Å². The molecule has 5 atom stereocenters. The lowest BCUT2D eigenvalue weighted by Crippen LogP contribution is -2.51. The van der Waals surface area contributed by atoms with Crippen LogP contribution in [0.2, 0.25) is 0 Å². The Balaban J connectivity index is 2.02. The van der Waals surface area contributed by atoms with E-state index in [1.165, 1.54) is 32.1 Å². The third-order valence-corrected chi connectivity index (χ3v) is 8.93. The van der Waals surface area contributed by atoms with Gasteiger partial charge in [-0.2, -0.15) is 13.2 Å². The first-order chi connectivity index (χ1) is 17.7. The smallest absolute Gasteiger partial charge is 0.496 e. The topological polar surface area (TPSA) is 44.8 Å². The third-order valence-electron chi connectivity index (χ3n) is 8.15. The van der Waals surface area contributed by atoms with E-state index in [1.807, 2.05) is 13.8 Å². The molecule has 38 heavy (non-hydrogen) atoms. The number of alkyl halides is 3. The van der Waals surface area contributed by atoms with Crippen LogP contribution in [0.15, 0.2) is 6.07 Å². The van der Waals surface area contributed by atoms with Gasteiger partial charge in [-0.1, -0.05) is 72.6 Å². The SMILES string of the molecule is COc1cc2c(c(C)c1C)O[C@](C)(CCC[C@@H](C)CCC[C@@H](C)CCCC(C)C)[C@@H](OS(=O)C(F)(F)F)C2. The number of halogens is 3. The lowest BCUT2D eigenvalue weighted by atomic mass is 9.83. The molecule has 0 aromatic heterocycles. The Morgan fingerprint density at radius 3 is 2.08 bits per heavy atom. The minimum absolute atomic E-state index is 0.176. The molecule has 0 N–H and O–H groups in total. The highest BCUT2D eigenvalue weighted by molar-refractivity contribution is 7.81. The first-order valence-electron chi connectivity index (χ1n) is 14.2. The molecule has 0 fully saturated rings. The maximum absolute atomic E-state index is 13.1. The Morgan fingerprint density at radius 1 is 1.00 bits per heavy atom. The second kappa shape index (κ2) is 14.4. The van der Waals surface area contributed by atoms with Gasteiger partial charge < -0.3 is 9.47 Å². The number of hydrogen-bond acceptors (Lipinski definition) is 4. The predicted octanol–water partition coefficient (Wildman–Crippen LogP) is 9.01. The normalized spacial score (nSPS) is 22.1. The summed E-state index contributed by atoms with van der Waals surface area (Å²) >= 11 is -3.42. The summed E-state index contributed by atoms with van der Waals surface area (Å²) in [4.78, 5) is 0. The molecule has 0 saturated carbocycles. The molecule has 0 bridgehead atoms. The van der Waals surface area contributed by atoms with Crippen LogP contribution in [0.3, 0.4) is 0 Å². The minimum atomic E-state index is -4.94. The van der Waals surface area contributed by atoms with E-state index in [-0.39, 0.29) is 6.42 Å². The molecule has 1 aliphatic heterocycles. The quantitative estimate of drug-likeness (QED) is 0.214. The first-order valence-corrected chi connectivity index (χ1v) is 15.3. The summed E-state index contributed by atoms with van der Waals surface area (Å²) < 4.78 is 68.3. The highest BCUT2D eigenvalue weighted by atomic mass is 32.2. The van der Waals surface area contributed by atoms with Gasteiger partial charge in [0.2, 0.25) is 0 Å². The Labute approximate surface area is 231 Å². The van der Waals surface area contributed by atoms with Crippen LogP contribution in [-0.2, 0) is 21.7 Å². The van der Waals surface area contributed by atoms with E-state index >= 15 is 0 Å². The average molecular weight is 563 g/mol. The van der Waals surface area contributed by atoms with Crippen LogP contribution in [-0.4, -0.2) is 28.5 Å². The van der Waals surface area contributed by atoms with Crippen molar-refractivity contribution in [2.75, 3.05) is 7.11 Å². The van der Waals surface area contributed by atoms with Crippen LogP contribution in [0.5, 0.6) is 11.5 Å². The van der Waals surface area contributed by atoms with E-state index in [2.05, 4.69) is 27.7 Å². The molecule has 0 saturated heterocycles. The number of fused-ring (bicyclic) bond motifs is 1. The van der Waals surface area contributed by atoms with Crippen LogP contribution in [0.4, 0.5) is 13.2 Å². The van der Waals surface area contributed by atoms with Crippen molar-refractivity contribution in [3.63, 3.8) is 0 Å². The molecular weight excluding hydrogens is 513 g/mol. The molecule has 0 amide bonds. The van der Waals surface area contributed by atoms with Gasteiger partial charge in [-0.25, -0.2) is 4.21 Å². The van der Waals surface area contributed by atoms with Gasteiger partial charge >= 0.3 is 5.51 Å². The summed E-state index contributed by atoms with van der Waals surface area (Å²) in [5, 5.41) is 0. The Hall–Kier alpha value is -1.28. The molecule has 1 heterocycles. The van der Waals surface area contributed by atoms with Crippen molar-refractivity contribution in [1.82, 2.24) is 0 Å². The maximum atomic E-state index is 13.1. The zero-order chi connectivity index (χ0) is 28.7. The summed E-state index contributed by atoms with van der Waals surface area (Å²) in [5.74, 6) is 3.35. The lowest BCUT2D eigenvalue weighted by Gasteiger charge is -2.42. The van der Waals surface area contributed by atoms with Crippen LogP contribution in [0.25, 0.3) is 0 Å². The van der Waals surface area contributed by atoms with Gasteiger partial charge in [-0.15, -0.1) is 0 Å². The van der Waals surface area contributed by atoms with Crippen LogP contribution in [0, 0.1) is 31.6 Å². The lowest BCUT2D eigenvalue weighted by molar-refractivity contribution is -0.0734. The van der Waals surface area contributed by atoms with Gasteiger partial charge in [0.15, 0.2) is 0 Å². The van der Waals surface area contributed by atoms with Crippen LogP contribution < -0.4 is 9.47 Å². The fourth-order valence-electron chi connectivity index (χ4n) is 5.44. The van der Waals surface area contributed by atoms with Gasteiger partial charge in [0.1, 0.15) is 23.2 Å². The standard InChI is InChI=1S/C30H49F3O4S/c1-20(2)12-9-13-21(3)14-10-15-22(4)16-11-17-29(7)27(37-38(34)30(31,32)33)19-25-18-26(35-8)23(5)24(6)28(25)36-29/h18,20-22,27H,9-17,19H2,1-8H3/t21-,22-,27-,29+,38?/m0/s1. The highest BCUT2D eigenvalue weighted by Crippen LogP contribution is 2.44. The third kappa shape index (κ3) is 9.42. The number of benzene rings is 1. The van der Waals surface area contributed by atoms with E-state index in [9.17, 15) is 17.4 Å². The first kappa shape index (κ1) is 32.9. The molecule has 220 valence electrons. The number of rotatable bonds is 15. The summed E-state index contributed by atoms with van der Waals surface area (Å²) in [6.07, 6.45) is 8.91. The average Bonchev–Trinajstić information content (AvgIpc) is 2.81. The van der Waals surface area contributed by atoms with E-state index in [4.69, 9.17) is 13.7 Å². The molecule has 2 rings (SSSR count). The summed E-state index contributed by atoms with van der Waals surface area (Å²) in [6, 6.07) is 1.79. The Kier molecular flexibility index (Phi) is 12.5. The molecular formula is C30H49F3O4S. The van der Waals surface area contributed by atoms with Crippen molar-refractivity contribution in [1.29, 1.82) is 0 Å². The summed E-state index contributed by atoms with van der Waals surface area (Å²) in [7, 11) is 1.56. The number of methoxy groups -OCH3 is 1. The zero-order valence-electron chi connectivity index (χ0n) is 24.6. The van der Waals surface area contributed by atoms with Gasteiger partial charge in [0.05, 0.1) is 7.11 Å².